The molecule has 0 radical (unpaired) electrons. The predicted molar refractivity (Wildman–Crippen MR) is 160 cm³/mol. The molecule has 2 heteroatoms. The van der Waals surface area contributed by atoms with E-state index in [-0.39, 0.29) is 0 Å². The van der Waals surface area contributed by atoms with Crippen molar-refractivity contribution >= 4 is 17.3 Å². The van der Waals surface area contributed by atoms with Gasteiger partial charge in [-0.15, -0.1) is 0 Å². The lowest BCUT2D eigenvalue weighted by molar-refractivity contribution is 0.491. The molecule has 0 saturated heterocycles. The highest BCUT2D eigenvalue weighted by atomic mass is 14.9. The normalized spacial score (nSPS) is 18.3. The third-order valence-electron chi connectivity index (χ3n) is 8.93. The van der Waals surface area contributed by atoms with Crippen LogP contribution in [0.1, 0.15) is 71.2 Å². The van der Waals surface area contributed by atoms with Gasteiger partial charge in [-0.1, -0.05) is 49.1 Å². The van der Waals surface area contributed by atoms with Crippen LogP contribution in [0, 0.1) is 32.1 Å². The highest BCUT2D eigenvalue weighted by Crippen LogP contribution is 2.59. The van der Waals surface area contributed by atoms with E-state index in [4.69, 9.17) is 0 Å². The van der Waals surface area contributed by atoms with E-state index in [1.54, 1.807) is 0 Å². The molecule has 2 aromatic carbocycles. The minimum absolute atomic E-state index is 0.745. The monoisotopic (exact) mass is 490 g/mol. The molecule has 2 aliphatic rings. The summed E-state index contributed by atoms with van der Waals surface area (Å²) in [5.74, 6) is 0.832. The molecular weight excluding hydrogens is 448 g/mol. The molecule has 2 nitrogen and oxygen atoms in total. The largest absolute Gasteiger partial charge is 0.385 e. The van der Waals surface area contributed by atoms with Gasteiger partial charge in [0.1, 0.15) is 0 Å². The summed E-state index contributed by atoms with van der Waals surface area (Å²) < 4.78 is 2.16. The topological polar surface area (TPSA) is 17.0 Å². The maximum absolute atomic E-state index is 4.55. The van der Waals surface area contributed by atoms with Crippen molar-refractivity contribution in [2.75, 3.05) is 11.9 Å². The first-order chi connectivity index (χ1) is 17.8. The summed E-state index contributed by atoms with van der Waals surface area (Å²) >= 11 is 0. The van der Waals surface area contributed by atoms with Crippen molar-refractivity contribution in [3.05, 3.63) is 113 Å². The van der Waals surface area contributed by atoms with Gasteiger partial charge in [-0.25, -0.2) is 0 Å². The molecule has 1 atom stereocenters. The molecule has 2 fully saturated rings. The first kappa shape index (κ1) is 25.4. The lowest BCUT2D eigenvalue weighted by Crippen LogP contribution is -2.12. The first-order valence-corrected chi connectivity index (χ1v) is 13.9. The number of benzene rings is 2. The van der Waals surface area contributed by atoms with Crippen molar-refractivity contribution in [3.8, 4) is 0 Å². The number of allylic oxidation sites excluding steroid dienone is 2. The van der Waals surface area contributed by atoms with Crippen LogP contribution in [-0.4, -0.2) is 11.1 Å². The molecule has 1 spiro atoms. The van der Waals surface area contributed by atoms with Crippen LogP contribution in [0.15, 0.2) is 73.5 Å². The number of aryl methyl sites for hydroxylation is 3. The van der Waals surface area contributed by atoms with Crippen molar-refractivity contribution in [3.63, 3.8) is 0 Å². The molecule has 2 saturated carbocycles. The Morgan fingerprint density at radius 1 is 1.08 bits per heavy atom. The Balaban J connectivity index is 1.33. The average molecular weight is 491 g/mol. The quantitative estimate of drug-likeness (QED) is 0.297. The van der Waals surface area contributed by atoms with E-state index in [0.29, 0.717) is 0 Å². The van der Waals surface area contributed by atoms with Gasteiger partial charge in [-0.3, -0.25) is 0 Å². The minimum atomic E-state index is 0.745. The van der Waals surface area contributed by atoms with Crippen molar-refractivity contribution in [2.45, 2.75) is 59.3 Å². The number of anilines is 1. The Morgan fingerprint density at radius 2 is 1.89 bits per heavy atom. The van der Waals surface area contributed by atoms with Gasteiger partial charge in [0.25, 0.3) is 0 Å². The van der Waals surface area contributed by atoms with Gasteiger partial charge in [-0.2, -0.15) is 0 Å². The van der Waals surface area contributed by atoms with Crippen LogP contribution in [0.25, 0.3) is 11.6 Å². The SMILES string of the molecule is C=C/C(=C\c1ccn(C)c1C)Cc1cc(C)ccc1C(=C)c1ccc(NCC2CCC3(CC3)C2)c(C)c1. The molecule has 3 aromatic rings. The fourth-order valence-corrected chi connectivity index (χ4v) is 6.14. The molecule has 192 valence electrons. The molecular formula is C35H42N2. The second-order valence-electron chi connectivity index (χ2n) is 11.7. The number of nitrogens with one attached hydrogen (secondary N) is 1. The Kier molecular flexibility index (Phi) is 7.03. The smallest absolute Gasteiger partial charge is 0.0370 e. The van der Waals surface area contributed by atoms with E-state index in [1.165, 1.54) is 82.4 Å². The lowest BCUT2D eigenvalue weighted by atomic mass is 9.89. The molecule has 1 unspecified atom stereocenters. The number of nitrogens with zero attached hydrogens (tertiary/aromatic N) is 1. The summed E-state index contributed by atoms with van der Waals surface area (Å²) in [6.07, 6.45) is 14.4. The van der Waals surface area contributed by atoms with Crippen LogP contribution in [0.2, 0.25) is 0 Å². The minimum Gasteiger partial charge on any atom is -0.385 e. The van der Waals surface area contributed by atoms with E-state index in [9.17, 15) is 0 Å². The van der Waals surface area contributed by atoms with E-state index in [0.717, 1.165) is 29.9 Å². The Morgan fingerprint density at radius 3 is 2.54 bits per heavy atom. The predicted octanol–water partition coefficient (Wildman–Crippen LogP) is 8.82. The maximum Gasteiger partial charge on any atom is 0.0370 e. The zero-order valence-electron chi connectivity index (χ0n) is 23.2. The molecule has 0 bridgehead atoms. The van der Waals surface area contributed by atoms with E-state index < -0.39 is 0 Å². The van der Waals surface area contributed by atoms with Gasteiger partial charge in [-0.05, 0) is 134 Å². The fraction of sp³-hybridized carbons (Fsp3) is 0.371. The van der Waals surface area contributed by atoms with E-state index >= 15 is 0 Å². The van der Waals surface area contributed by atoms with Crippen LogP contribution >= 0.6 is 0 Å². The Hall–Kier alpha value is -3.26. The summed E-state index contributed by atoms with van der Waals surface area (Å²) in [6, 6.07) is 15.7. The lowest BCUT2D eigenvalue weighted by Gasteiger charge is -2.17. The molecule has 0 amide bonds. The maximum atomic E-state index is 4.55. The summed E-state index contributed by atoms with van der Waals surface area (Å²) in [4.78, 5) is 0. The number of rotatable bonds is 9. The van der Waals surface area contributed by atoms with Crippen molar-refractivity contribution in [1.82, 2.24) is 4.57 Å². The molecule has 0 aliphatic heterocycles. The summed E-state index contributed by atoms with van der Waals surface area (Å²) in [7, 11) is 2.09. The Labute approximate surface area is 223 Å². The number of aromatic nitrogens is 1. The van der Waals surface area contributed by atoms with Gasteiger partial charge in [0.05, 0.1) is 0 Å². The summed E-state index contributed by atoms with van der Waals surface area (Å²) in [6.45, 7) is 16.3. The molecule has 1 N–H and O–H groups in total. The third kappa shape index (κ3) is 5.54. The van der Waals surface area contributed by atoms with Crippen molar-refractivity contribution < 1.29 is 0 Å². The van der Waals surface area contributed by atoms with E-state index in [2.05, 4.69) is 106 Å². The number of hydrogen-bond donors (Lipinski definition) is 1. The third-order valence-corrected chi connectivity index (χ3v) is 8.93. The second kappa shape index (κ2) is 10.2. The molecule has 2 aliphatic carbocycles. The van der Waals surface area contributed by atoms with Gasteiger partial charge >= 0.3 is 0 Å². The zero-order valence-corrected chi connectivity index (χ0v) is 23.2. The van der Waals surface area contributed by atoms with Gasteiger partial charge in [0.15, 0.2) is 0 Å². The molecule has 37 heavy (non-hydrogen) atoms. The average Bonchev–Trinajstić information content (AvgIpc) is 3.42. The van der Waals surface area contributed by atoms with Crippen LogP contribution in [-0.2, 0) is 13.5 Å². The highest BCUT2D eigenvalue weighted by molar-refractivity contribution is 5.81. The second-order valence-corrected chi connectivity index (χ2v) is 11.7. The first-order valence-electron chi connectivity index (χ1n) is 13.9. The van der Waals surface area contributed by atoms with Crippen LogP contribution in [0.4, 0.5) is 5.69 Å². The summed E-state index contributed by atoms with van der Waals surface area (Å²) in [5.41, 5.74) is 13.0. The van der Waals surface area contributed by atoms with Gasteiger partial charge < -0.3 is 9.88 Å². The Bertz CT molecular complexity index is 1360. The van der Waals surface area contributed by atoms with Crippen LogP contribution < -0.4 is 5.32 Å². The van der Waals surface area contributed by atoms with Crippen LogP contribution in [0.5, 0.6) is 0 Å². The number of hydrogen-bond acceptors (Lipinski definition) is 1. The molecule has 1 aromatic heterocycles. The summed E-state index contributed by atoms with van der Waals surface area (Å²) in [5, 5.41) is 3.76. The van der Waals surface area contributed by atoms with E-state index in [1.807, 2.05) is 6.08 Å². The molecule has 1 heterocycles. The standard InChI is InChI=1S/C35H42N2/c1-7-28(20-31-13-17-37(6)27(31)5)21-32-18-24(2)8-10-33(32)26(4)30-9-11-34(25(3)19-30)36-23-29-12-14-35(22-29)15-16-35/h7-11,13,17-20,29,36H,1,4,12,14-16,21-23H2,2-3,5-6H3/b28-20+. The molecule has 5 rings (SSSR count). The van der Waals surface area contributed by atoms with Gasteiger partial charge in [0, 0.05) is 31.2 Å². The zero-order chi connectivity index (χ0) is 26.2. The highest BCUT2D eigenvalue weighted by Gasteiger charge is 2.47. The van der Waals surface area contributed by atoms with Gasteiger partial charge in [0.2, 0.25) is 0 Å². The van der Waals surface area contributed by atoms with Crippen molar-refractivity contribution in [1.29, 1.82) is 0 Å². The van der Waals surface area contributed by atoms with Crippen LogP contribution in [0.3, 0.4) is 0 Å². The van der Waals surface area contributed by atoms with Crippen molar-refractivity contribution in [2.24, 2.45) is 18.4 Å². The fourth-order valence-electron chi connectivity index (χ4n) is 6.14.